The van der Waals surface area contributed by atoms with Gasteiger partial charge in [0.1, 0.15) is 11.2 Å². The molecule has 1 heterocycles. The van der Waals surface area contributed by atoms with Crippen LogP contribution in [0.4, 0.5) is 0 Å². The van der Waals surface area contributed by atoms with E-state index in [1.165, 1.54) is 109 Å². The van der Waals surface area contributed by atoms with Crippen molar-refractivity contribution in [3.8, 4) is 33.4 Å². The first kappa shape index (κ1) is 32.4. The molecule has 0 bridgehead atoms. The van der Waals surface area contributed by atoms with Gasteiger partial charge in [-0.2, -0.15) is 0 Å². The molecule has 0 saturated carbocycles. The summed E-state index contributed by atoms with van der Waals surface area (Å²) in [6.45, 7) is 0. The Morgan fingerprint density at radius 1 is 0.203 bits per heavy atom. The van der Waals surface area contributed by atoms with Crippen LogP contribution < -0.4 is 0 Å². The number of para-hydroxylation sites is 1. The van der Waals surface area contributed by atoms with Crippen LogP contribution in [0.25, 0.3) is 131 Å². The Morgan fingerprint density at radius 2 is 0.644 bits per heavy atom. The van der Waals surface area contributed by atoms with Crippen LogP contribution in [0.5, 0.6) is 0 Å². The van der Waals surface area contributed by atoms with E-state index < -0.39 is 0 Å². The Hall–Kier alpha value is -7.74. The van der Waals surface area contributed by atoms with Crippen molar-refractivity contribution in [2.24, 2.45) is 0 Å². The molecule has 0 fully saturated rings. The monoisotopic (exact) mass is 746 g/mol. The van der Waals surface area contributed by atoms with Crippen molar-refractivity contribution in [1.29, 1.82) is 0 Å². The van der Waals surface area contributed by atoms with E-state index in [-0.39, 0.29) is 0 Å². The molecular formula is C58H34O. The van der Waals surface area contributed by atoms with Crippen molar-refractivity contribution < 1.29 is 4.42 Å². The summed E-state index contributed by atoms with van der Waals surface area (Å²) in [5.74, 6) is 0. The highest BCUT2D eigenvalue weighted by atomic mass is 16.3. The van der Waals surface area contributed by atoms with Crippen molar-refractivity contribution in [3.63, 3.8) is 0 Å². The first-order chi connectivity index (χ1) is 29.2. The molecule has 272 valence electrons. The van der Waals surface area contributed by atoms with Gasteiger partial charge < -0.3 is 4.42 Å². The summed E-state index contributed by atoms with van der Waals surface area (Å²) in [5.41, 5.74) is 9.25. The molecule has 13 aromatic rings. The second kappa shape index (κ2) is 12.4. The number of fused-ring (bicyclic) bond motifs is 15. The molecule has 0 radical (unpaired) electrons. The van der Waals surface area contributed by atoms with Gasteiger partial charge in [-0.05, 0) is 145 Å². The topological polar surface area (TPSA) is 13.1 Å². The fraction of sp³-hybridized carbons (Fsp3) is 0. The summed E-state index contributed by atoms with van der Waals surface area (Å²) in [7, 11) is 0. The van der Waals surface area contributed by atoms with Crippen LogP contribution in [0.15, 0.2) is 211 Å². The van der Waals surface area contributed by atoms with E-state index in [1.807, 2.05) is 6.07 Å². The summed E-state index contributed by atoms with van der Waals surface area (Å²) < 4.78 is 6.41. The fourth-order valence-electron chi connectivity index (χ4n) is 10.1. The van der Waals surface area contributed by atoms with Crippen LogP contribution in [-0.4, -0.2) is 0 Å². The smallest absolute Gasteiger partial charge is 0.136 e. The normalized spacial score (nSPS) is 12.1. The molecule has 0 atom stereocenters. The highest BCUT2D eigenvalue weighted by Gasteiger charge is 2.18. The van der Waals surface area contributed by atoms with Gasteiger partial charge in [0.15, 0.2) is 0 Å². The Morgan fingerprint density at radius 3 is 1.32 bits per heavy atom. The Balaban J connectivity index is 1.02. The molecule has 1 heteroatoms. The van der Waals surface area contributed by atoms with Gasteiger partial charge in [-0.3, -0.25) is 0 Å². The fourth-order valence-corrected chi connectivity index (χ4v) is 10.1. The van der Waals surface area contributed by atoms with Crippen molar-refractivity contribution >= 4 is 97.3 Å². The van der Waals surface area contributed by atoms with Crippen LogP contribution in [0.1, 0.15) is 0 Å². The van der Waals surface area contributed by atoms with E-state index >= 15 is 0 Å². The molecule has 0 spiro atoms. The maximum atomic E-state index is 6.41. The molecule has 12 aromatic carbocycles. The lowest BCUT2D eigenvalue weighted by atomic mass is 9.86. The maximum absolute atomic E-state index is 6.41. The van der Waals surface area contributed by atoms with Gasteiger partial charge in [0, 0.05) is 10.8 Å². The van der Waals surface area contributed by atoms with Crippen LogP contribution in [0.2, 0.25) is 0 Å². The predicted octanol–water partition coefficient (Wildman–Crippen LogP) is 16.7. The second-order valence-corrected chi connectivity index (χ2v) is 15.9. The summed E-state index contributed by atoms with van der Waals surface area (Å²) in [6, 6.07) is 76.0. The third-order valence-corrected chi connectivity index (χ3v) is 12.8. The lowest BCUT2D eigenvalue weighted by Crippen LogP contribution is -1.90. The minimum atomic E-state index is 0.923. The van der Waals surface area contributed by atoms with Crippen molar-refractivity contribution in [3.05, 3.63) is 206 Å². The minimum absolute atomic E-state index is 0.923. The van der Waals surface area contributed by atoms with Gasteiger partial charge in [0.2, 0.25) is 0 Å². The molecule has 0 aliphatic heterocycles. The highest BCUT2D eigenvalue weighted by Crippen LogP contribution is 2.45. The van der Waals surface area contributed by atoms with Crippen LogP contribution in [-0.2, 0) is 0 Å². The van der Waals surface area contributed by atoms with E-state index in [1.54, 1.807) is 0 Å². The van der Waals surface area contributed by atoms with Gasteiger partial charge in [0.05, 0.1) is 0 Å². The highest BCUT2D eigenvalue weighted by molar-refractivity contribution is 6.29. The van der Waals surface area contributed by atoms with Gasteiger partial charge >= 0.3 is 0 Å². The zero-order valence-electron chi connectivity index (χ0n) is 32.0. The molecule has 0 amide bonds. The molecule has 0 aliphatic rings. The molecule has 59 heavy (non-hydrogen) atoms. The number of benzene rings is 12. The summed E-state index contributed by atoms with van der Waals surface area (Å²) in [5, 5.41) is 19.9. The van der Waals surface area contributed by atoms with Gasteiger partial charge in [-0.15, -0.1) is 0 Å². The molecule has 13 rings (SSSR count). The van der Waals surface area contributed by atoms with Crippen LogP contribution in [0, 0.1) is 0 Å². The lowest BCUT2D eigenvalue weighted by Gasteiger charge is -2.17. The Labute approximate surface area is 340 Å². The molecule has 1 aromatic heterocycles. The molecule has 0 N–H and O–H groups in total. The van der Waals surface area contributed by atoms with Crippen molar-refractivity contribution in [2.75, 3.05) is 0 Å². The van der Waals surface area contributed by atoms with E-state index in [0.717, 1.165) is 21.9 Å². The standard InChI is InChI=1S/C58H34O/c1-2-14-39-35(12-1)13-11-22-40(39)36-24-26-37(27-25-36)49-31-52-44-18-6-4-16-42(44)50(32-53(52)43-17-5-3-15-41(43)49)38-28-29-47-51(30-38)45-19-7-8-20-46(45)54-33-56-48-21-9-10-23-57(48)59-58(56)34-55(47)54/h1-34H. The van der Waals surface area contributed by atoms with E-state index in [9.17, 15) is 0 Å². The van der Waals surface area contributed by atoms with Gasteiger partial charge in [0.25, 0.3) is 0 Å². The molecule has 0 unspecified atom stereocenters. The zero-order valence-corrected chi connectivity index (χ0v) is 32.0. The third-order valence-electron chi connectivity index (χ3n) is 12.8. The van der Waals surface area contributed by atoms with E-state index in [2.05, 4.69) is 200 Å². The maximum Gasteiger partial charge on any atom is 0.136 e. The summed E-state index contributed by atoms with van der Waals surface area (Å²) >= 11 is 0. The number of rotatable bonds is 3. The van der Waals surface area contributed by atoms with Gasteiger partial charge in [-0.25, -0.2) is 0 Å². The van der Waals surface area contributed by atoms with Crippen molar-refractivity contribution in [2.45, 2.75) is 0 Å². The molecular weight excluding hydrogens is 713 g/mol. The van der Waals surface area contributed by atoms with Gasteiger partial charge in [-0.1, -0.05) is 170 Å². The number of hydrogen-bond donors (Lipinski definition) is 0. The Bertz CT molecular complexity index is 3880. The largest absolute Gasteiger partial charge is 0.456 e. The number of furan rings is 1. The van der Waals surface area contributed by atoms with Crippen molar-refractivity contribution in [1.82, 2.24) is 0 Å². The third kappa shape index (κ3) is 4.79. The average molecular weight is 747 g/mol. The first-order valence-electron chi connectivity index (χ1n) is 20.4. The lowest BCUT2D eigenvalue weighted by molar-refractivity contribution is 0.669. The summed E-state index contributed by atoms with van der Waals surface area (Å²) in [6.07, 6.45) is 0. The van der Waals surface area contributed by atoms with Crippen LogP contribution in [0.3, 0.4) is 0 Å². The van der Waals surface area contributed by atoms with E-state index in [4.69, 9.17) is 4.42 Å². The van der Waals surface area contributed by atoms with Crippen LogP contribution >= 0.6 is 0 Å². The Kier molecular flexibility index (Phi) is 6.79. The number of hydrogen-bond acceptors (Lipinski definition) is 1. The average Bonchev–Trinajstić information content (AvgIpc) is 3.68. The summed E-state index contributed by atoms with van der Waals surface area (Å²) in [4.78, 5) is 0. The quantitative estimate of drug-likeness (QED) is 0.164. The zero-order chi connectivity index (χ0) is 38.6. The first-order valence-corrected chi connectivity index (χ1v) is 20.4. The predicted molar refractivity (Wildman–Crippen MR) is 253 cm³/mol. The van der Waals surface area contributed by atoms with E-state index in [0.29, 0.717) is 0 Å². The molecule has 0 saturated heterocycles. The molecule has 0 aliphatic carbocycles. The minimum Gasteiger partial charge on any atom is -0.456 e. The SMILES string of the molecule is c1ccc2c(-c3ccc(-c4cc5c6ccccc6c(-c6ccc7c(c6)c6ccccc6c6cc8c(cc76)oc6ccccc68)cc5c5ccccc45)cc3)cccc2c1. The molecule has 1 nitrogen and oxygen atoms in total. The second-order valence-electron chi connectivity index (χ2n) is 15.9.